The SMILES string of the molecule is Cn1ccc2ccc(N(C(=O)O)c3ccccc3)cc21. The second kappa shape index (κ2) is 4.74. The van der Waals surface area contributed by atoms with E-state index in [1.807, 2.05) is 60.3 Å². The second-order valence-corrected chi connectivity index (χ2v) is 4.62. The number of hydrogen-bond acceptors (Lipinski definition) is 1. The monoisotopic (exact) mass is 266 g/mol. The average molecular weight is 266 g/mol. The van der Waals surface area contributed by atoms with Crippen LogP contribution in [0.4, 0.5) is 16.2 Å². The molecule has 1 N–H and O–H groups in total. The molecule has 0 spiro atoms. The molecule has 0 radical (unpaired) electrons. The van der Waals surface area contributed by atoms with Crippen LogP contribution < -0.4 is 4.90 Å². The molecule has 0 saturated carbocycles. The summed E-state index contributed by atoms with van der Waals surface area (Å²) in [6.07, 6.45) is 0.965. The number of fused-ring (bicyclic) bond motifs is 1. The van der Waals surface area contributed by atoms with Gasteiger partial charge in [-0.25, -0.2) is 9.69 Å². The quantitative estimate of drug-likeness (QED) is 0.762. The first-order valence-electron chi connectivity index (χ1n) is 6.30. The maximum atomic E-state index is 11.6. The van der Waals surface area contributed by atoms with Gasteiger partial charge in [-0.15, -0.1) is 0 Å². The van der Waals surface area contributed by atoms with E-state index in [0.717, 1.165) is 10.9 Å². The minimum Gasteiger partial charge on any atom is -0.464 e. The first-order chi connectivity index (χ1) is 9.66. The van der Waals surface area contributed by atoms with E-state index in [2.05, 4.69) is 0 Å². The highest BCUT2D eigenvalue weighted by molar-refractivity contribution is 5.97. The standard InChI is InChI=1S/C16H14N2O2/c1-17-10-9-12-7-8-14(11-15(12)17)18(16(19)20)13-5-3-2-4-6-13/h2-11H,1H3,(H,19,20). The lowest BCUT2D eigenvalue weighted by Crippen LogP contribution is -2.23. The van der Waals surface area contributed by atoms with E-state index in [0.29, 0.717) is 11.4 Å². The maximum absolute atomic E-state index is 11.6. The zero-order valence-corrected chi connectivity index (χ0v) is 11.0. The molecule has 2 aromatic carbocycles. The van der Waals surface area contributed by atoms with Crippen molar-refractivity contribution in [2.24, 2.45) is 7.05 Å². The molecule has 4 heteroatoms. The zero-order chi connectivity index (χ0) is 14.1. The van der Waals surface area contributed by atoms with Gasteiger partial charge in [0.05, 0.1) is 11.4 Å². The fourth-order valence-electron chi connectivity index (χ4n) is 2.34. The third kappa shape index (κ3) is 2.01. The fraction of sp³-hybridized carbons (Fsp3) is 0.0625. The third-order valence-corrected chi connectivity index (χ3v) is 3.34. The Balaban J connectivity index is 2.14. The van der Waals surface area contributed by atoms with Crippen molar-refractivity contribution in [3.05, 3.63) is 60.8 Å². The molecule has 0 aliphatic heterocycles. The number of aryl methyl sites for hydroxylation is 1. The summed E-state index contributed by atoms with van der Waals surface area (Å²) >= 11 is 0. The summed E-state index contributed by atoms with van der Waals surface area (Å²) < 4.78 is 1.98. The van der Waals surface area contributed by atoms with Crippen LogP contribution in [0, 0.1) is 0 Å². The molecule has 20 heavy (non-hydrogen) atoms. The molecular weight excluding hydrogens is 252 g/mol. The van der Waals surface area contributed by atoms with Crippen molar-refractivity contribution in [1.82, 2.24) is 4.57 Å². The van der Waals surface area contributed by atoms with Gasteiger partial charge in [0, 0.05) is 18.8 Å². The minimum absolute atomic E-state index is 0.633. The van der Waals surface area contributed by atoms with Crippen LogP contribution in [0.3, 0.4) is 0 Å². The largest absolute Gasteiger partial charge is 0.464 e. The van der Waals surface area contributed by atoms with Crippen LogP contribution in [0.25, 0.3) is 10.9 Å². The van der Waals surface area contributed by atoms with Crippen LogP contribution in [0.5, 0.6) is 0 Å². The predicted molar refractivity (Wildman–Crippen MR) is 79.5 cm³/mol. The van der Waals surface area contributed by atoms with Crippen LogP contribution in [-0.2, 0) is 7.05 Å². The molecule has 1 aromatic heterocycles. The van der Waals surface area contributed by atoms with E-state index < -0.39 is 6.09 Å². The number of hydrogen-bond donors (Lipinski definition) is 1. The Morgan fingerprint density at radius 3 is 2.50 bits per heavy atom. The van der Waals surface area contributed by atoms with Gasteiger partial charge in [0.15, 0.2) is 0 Å². The Morgan fingerprint density at radius 2 is 1.80 bits per heavy atom. The number of nitrogens with zero attached hydrogens (tertiary/aromatic N) is 2. The van der Waals surface area contributed by atoms with E-state index in [1.54, 1.807) is 12.1 Å². The molecule has 4 nitrogen and oxygen atoms in total. The number of benzene rings is 2. The van der Waals surface area contributed by atoms with Crippen LogP contribution >= 0.6 is 0 Å². The molecule has 1 amide bonds. The minimum atomic E-state index is -0.996. The highest BCUT2D eigenvalue weighted by Gasteiger charge is 2.17. The lowest BCUT2D eigenvalue weighted by atomic mass is 10.2. The average Bonchev–Trinajstić information content (AvgIpc) is 2.81. The van der Waals surface area contributed by atoms with Gasteiger partial charge in [-0.3, -0.25) is 0 Å². The smallest absolute Gasteiger partial charge is 0.416 e. The topological polar surface area (TPSA) is 45.5 Å². The predicted octanol–water partition coefficient (Wildman–Crippen LogP) is 3.99. The molecule has 0 bridgehead atoms. The molecule has 0 aliphatic rings. The molecule has 0 unspecified atom stereocenters. The van der Waals surface area contributed by atoms with E-state index >= 15 is 0 Å². The zero-order valence-electron chi connectivity index (χ0n) is 11.0. The van der Waals surface area contributed by atoms with Crippen LogP contribution in [0.2, 0.25) is 0 Å². The summed E-state index contributed by atoms with van der Waals surface area (Å²) in [7, 11) is 1.94. The molecular formula is C16H14N2O2. The number of para-hydroxylation sites is 1. The van der Waals surface area contributed by atoms with Gasteiger partial charge in [0.25, 0.3) is 0 Å². The van der Waals surface area contributed by atoms with Gasteiger partial charge in [-0.05, 0) is 35.7 Å². The van der Waals surface area contributed by atoms with Crippen LogP contribution in [0.1, 0.15) is 0 Å². The molecule has 1 heterocycles. The van der Waals surface area contributed by atoms with E-state index in [1.165, 1.54) is 4.90 Å². The molecule has 3 aromatic rings. The fourth-order valence-corrected chi connectivity index (χ4v) is 2.34. The summed E-state index contributed by atoms with van der Waals surface area (Å²) in [5.74, 6) is 0. The first-order valence-corrected chi connectivity index (χ1v) is 6.30. The summed E-state index contributed by atoms with van der Waals surface area (Å²) in [5, 5.41) is 10.6. The Hall–Kier alpha value is -2.75. The number of rotatable bonds is 2. The van der Waals surface area contributed by atoms with Crippen LogP contribution in [0.15, 0.2) is 60.8 Å². The Labute approximate surface area is 116 Å². The van der Waals surface area contributed by atoms with Gasteiger partial charge in [0.2, 0.25) is 0 Å². The molecule has 0 atom stereocenters. The molecule has 100 valence electrons. The molecule has 0 saturated heterocycles. The van der Waals surface area contributed by atoms with Crippen molar-refractivity contribution in [2.45, 2.75) is 0 Å². The second-order valence-electron chi connectivity index (χ2n) is 4.62. The first kappa shape index (κ1) is 12.3. The van der Waals surface area contributed by atoms with Crippen molar-refractivity contribution in [1.29, 1.82) is 0 Å². The number of amides is 1. The van der Waals surface area contributed by atoms with E-state index in [9.17, 15) is 9.90 Å². The highest BCUT2D eigenvalue weighted by atomic mass is 16.4. The number of carboxylic acid groups (broad SMARTS) is 1. The van der Waals surface area contributed by atoms with Crippen molar-refractivity contribution in [3.63, 3.8) is 0 Å². The lowest BCUT2D eigenvalue weighted by molar-refractivity contribution is 0.205. The van der Waals surface area contributed by atoms with E-state index in [-0.39, 0.29) is 0 Å². The normalized spacial score (nSPS) is 10.7. The van der Waals surface area contributed by atoms with Crippen molar-refractivity contribution in [3.8, 4) is 0 Å². The van der Waals surface area contributed by atoms with E-state index in [4.69, 9.17) is 0 Å². The van der Waals surface area contributed by atoms with Crippen LogP contribution in [-0.4, -0.2) is 15.8 Å². The molecule has 3 rings (SSSR count). The summed E-state index contributed by atoms with van der Waals surface area (Å²) in [4.78, 5) is 12.9. The summed E-state index contributed by atoms with van der Waals surface area (Å²) in [6, 6.07) is 16.7. The van der Waals surface area contributed by atoms with Gasteiger partial charge in [0.1, 0.15) is 0 Å². The Kier molecular flexibility index (Phi) is 2.91. The van der Waals surface area contributed by atoms with Gasteiger partial charge >= 0.3 is 6.09 Å². The maximum Gasteiger partial charge on any atom is 0.416 e. The van der Waals surface area contributed by atoms with Gasteiger partial charge in [-0.1, -0.05) is 24.3 Å². The number of anilines is 2. The number of carbonyl (C=O) groups is 1. The summed E-state index contributed by atoms with van der Waals surface area (Å²) in [6.45, 7) is 0. The lowest BCUT2D eigenvalue weighted by Gasteiger charge is -2.19. The van der Waals surface area contributed by atoms with Crippen molar-refractivity contribution >= 4 is 28.4 Å². The Morgan fingerprint density at radius 1 is 1.05 bits per heavy atom. The summed E-state index contributed by atoms with van der Waals surface area (Å²) in [5.41, 5.74) is 2.27. The van der Waals surface area contributed by atoms with Gasteiger partial charge in [-0.2, -0.15) is 0 Å². The van der Waals surface area contributed by atoms with Gasteiger partial charge < -0.3 is 9.67 Å². The number of aromatic nitrogens is 1. The molecule has 0 fully saturated rings. The Bertz CT molecular complexity index is 763. The highest BCUT2D eigenvalue weighted by Crippen LogP contribution is 2.28. The molecule has 0 aliphatic carbocycles. The van der Waals surface area contributed by atoms with Crippen molar-refractivity contribution in [2.75, 3.05) is 4.90 Å². The third-order valence-electron chi connectivity index (χ3n) is 3.34. The van der Waals surface area contributed by atoms with Crippen molar-refractivity contribution < 1.29 is 9.90 Å².